The van der Waals surface area contributed by atoms with Gasteiger partial charge in [0.1, 0.15) is 6.07 Å². The highest BCUT2D eigenvalue weighted by molar-refractivity contribution is 7.06. The van der Waals surface area contributed by atoms with E-state index in [0.717, 1.165) is 11.5 Å². The third-order valence-electron chi connectivity index (χ3n) is 0.911. The van der Waals surface area contributed by atoms with E-state index in [0.29, 0.717) is 11.0 Å². The molecule has 0 saturated heterocycles. The van der Waals surface area contributed by atoms with Gasteiger partial charge in [-0.1, -0.05) is 0 Å². The zero-order valence-corrected chi connectivity index (χ0v) is 6.51. The van der Waals surface area contributed by atoms with Crippen LogP contribution in [0.4, 0.5) is 5.95 Å². The third kappa shape index (κ3) is 1.22. The predicted octanol–water partition coefficient (Wildman–Crippen LogP) is 0.476. The molecule has 0 aliphatic carbocycles. The zero-order valence-electron chi connectivity index (χ0n) is 5.70. The largest absolute Gasteiger partial charge is 0.346 e. The van der Waals surface area contributed by atoms with E-state index in [4.69, 9.17) is 5.26 Å². The Balaban J connectivity index is 2.91. The van der Waals surface area contributed by atoms with Crippen molar-refractivity contribution in [1.29, 1.82) is 5.26 Å². The number of hydrogen-bond acceptors (Lipinski definition) is 5. The Labute approximate surface area is 62.9 Å². The van der Waals surface area contributed by atoms with Gasteiger partial charge in [-0.15, -0.1) is 0 Å². The van der Waals surface area contributed by atoms with Gasteiger partial charge in [0, 0.05) is 14.1 Å². The second-order valence-corrected chi connectivity index (χ2v) is 2.66. The highest BCUT2D eigenvalue weighted by atomic mass is 32.1. The Kier molecular flexibility index (Phi) is 1.83. The van der Waals surface area contributed by atoms with E-state index < -0.39 is 0 Å². The van der Waals surface area contributed by atoms with E-state index >= 15 is 0 Å². The molecule has 1 aromatic heterocycles. The summed E-state index contributed by atoms with van der Waals surface area (Å²) in [5, 5.41) is 8.78. The summed E-state index contributed by atoms with van der Waals surface area (Å²) in [6, 6.07) is 1.92. The maximum absolute atomic E-state index is 8.37. The minimum atomic E-state index is 0.406. The van der Waals surface area contributed by atoms with Crippen LogP contribution in [0.3, 0.4) is 0 Å². The number of hydrogen-bond donors (Lipinski definition) is 0. The first-order chi connectivity index (χ1) is 4.74. The van der Waals surface area contributed by atoms with Gasteiger partial charge in [0.15, 0.2) is 0 Å². The lowest BCUT2D eigenvalue weighted by Gasteiger charge is -2.03. The summed E-state index contributed by atoms with van der Waals surface area (Å²) in [6.07, 6.45) is 0. The molecular weight excluding hydrogens is 148 g/mol. The van der Waals surface area contributed by atoms with Crippen LogP contribution in [0.15, 0.2) is 0 Å². The van der Waals surface area contributed by atoms with E-state index in [2.05, 4.69) is 9.36 Å². The molecule has 1 heterocycles. The van der Waals surface area contributed by atoms with Crippen molar-refractivity contribution in [1.82, 2.24) is 9.36 Å². The molecule has 52 valence electrons. The molecule has 0 bridgehead atoms. The number of nitriles is 1. The molecule has 0 aliphatic rings. The number of aromatic nitrogens is 2. The van der Waals surface area contributed by atoms with Crippen molar-refractivity contribution in [2.24, 2.45) is 0 Å². The van der Waals surface area contributed by atoms with Crippen molar-refractivity contribution in [3.8, 4) is 6.07 Å². The normalized spacial score (nSPS) is 8.90. The molecule has 5 heteroatoms. The van der Waals surface area contributed by atoms with Gasteiger partial charge in [0.2, 0.25) is 11.0 Å². The summed E-state index contributed by atoms with van der Waals surface area (Å²) in [4.78, 5) is 5.66. The van der Waals surface area contributed by atoms with Crippen LogP contribution in [0.5, 0.6) is 0 Å². The first-order valence-electron chi connectivity index (χ1n) is 2.65. The molecule has 10 heavy (non-hydrogen) atoms. The fourth-order valence-electron chi connectivity index (χ4n) is 0.443. The molecule has 0 amide bonds. The van der Waals surface area contributed by atoms with Crippen LogP contribution in [-0.4, -0.2) is 23.5 Å². The topological polar surface area (TPSA) is 52.8 Å². The molecule has 4 nitrogen and oxygen atoms in total. The molecule has 0 fully saturated rings. The lowest BCUT2D eigenvalue weighted by molar-refractivity contribution is 1.04. The Morgan fingerprint density at radius 1 is 1.60 bits per heavy atom. The molecule has 0 radical (unpaired) electrons. The van der Waals surface area contributed by atoms with E-state index in [1.54, 1.807) is 4.90 Å². The van der Waals surface area contributed by atoms with Crippen LogP contribution in [0.2, 0.25) is 0 Å². The highest BCUT2D eigenvalue weighted by Crippen LogP contribution is 2.08. The zero-order chi connectivity index (χ0) is 7.56. The van der Waals surface area contributed by atoms with Crippen LogP contribution < -0.4 is 4.90 Å². The first kappa shape index (κ1) is 6.96. The second kappa shape index (κ2) is 2.62. The fraction of sp³-hybridized carbons (Fsp3) is 0.400. The van der Waals surface area contributed by atoms with Crippen molar-refractivity contribution in [2.75, 3.05) is 19.0 Å². The number of nitrogens with zero attached hydrogens (tertiary/aromatic N) is 4. The first-order valence-corrected chi connectivity index (χ1v) is 3.42. The number of anilines is 1. The molecule has 0 aromatic carbocycles. The second-order valence-electron chi connectivity index (χ2n) is 1.91. The Hall–Kier alpha value is -1.15. The molecule has 0 saturated carbocycles. The van der Waals surface area contributed by atoms with Crippen LogP contribution in [0.1, 0.15) is 5.01 Å². The van der Waals surface area contributed by atoms with Gasteiger partial charge < -0.3 is 4.90 Å². The molecule has 0 aliphatic heterocycles. The summed E-state index contributed by atoms with van der Waals surface area (Å²) in [6.45, 7) is 0. The van der Waals surface area contributed by atoms with E-state index in [9.17, 15) is 0 Å². The van der Waals surface area contributed by atoms with Gasteiger partial charge in [-0.25, -0.2) is 0 Å². The van der Waals surface area contributed by atoms with Gasteiger partial charge in [-0.05, 0) is 11.5 Å². The minimum absolute atomic E-state index is 0.406. The fourth-order valence-corrected chi connectivity index (χ4v) is 0.978. The van der Waals surface area contributed by atoms with Crippen molar-refractivity contribution >= 4 is 17.5 Å². The predicted molar refractivity (Wildman–Crippen MR) is 39.0 cm³/mol. The monoisotopic (exact) mass is 154 g/mol. The quantitative estimate of drug-likeness (QED) is 0.590. The van der Waals surface area contributed by atoms with Crippen molar-refractivity contribution < 1.29 is 0 Å². The third-order valence-corrected chi connectivity index (χ3v) is 1.52. The van der Waals surface area contributed by atoms with E-state index in [1.165, 1.54) is 0 Å². The molecule has 0 N–H and O–H groups in total. The van der Waals surface area contributed by atoms with E-state index in [1.807, 2.05) is 20.2 Å². The Bertz CT molecular complexity index is 259. The highest BCUT2D eigenvalue weighted by Gasteiger charge is 2.02. The average Bonchev–Trinajstić information content (AvgIpc) is 2.34. The lowest BCUT2D eigenvalue weighted by atomic mass is 10.8. The number of rotatable bonds is 1. The van der Waals surface area contributed by atoms with Crippen molar-refractivity contribution in [2.45, 2.75) is 0 Å². The summed E-state index contributed by atoms with van der Waals surface area (Å²) in [7, 11) is 3.67. The molecule has 0 spiro atoms. The van der Waals surface area contributed by atoms with Crippen molar-refractivity contribution in [3.05, 3.63) is 5.01 Å². The molecule has 1 aromatic rings. The van der Waals surface area contributed by atoms with Gasteiger partial charge in [-0.2, -0.15) is 14.6 Å². The molecule has 0 unspecified atom stereocenters. The van der Waals surface area contributed by atoms with Crippen LogP contribution in [0.25, 0.3) is 0 Å². The molecule has 0 atom stereocenters. The molecular formula is C5H6N4S. The van der Waals surface area contributed by atoms with Gasteiger partial charge in [-0.3, -0.25) is 0 Å². The van der Waals surface area contributed by atoms with Crippen LogP contribution in [-0.2, 0) is 0 Å². The van der Waals surface area contributed by atoms with Gasteiger partial charge in [0.05, 0.1) is 0 Å². The Morgan fingerprint density at radius 3 is 2.60 bits per heavy atom. The van der Waals surface area contributed by atoms with Crippen LogP contribution >= 0.6 is 11.5 Å². The maximum atomic E-state index is 8.37. The van der Waals surface area contributed by atoms with E-state index in [-0.39, 0.29) is 0 Å². The SMILES string of the molecule is CN(C)c1nsc(C#N)n1. The summed E-state index contributed by atoms with van der Waals surface area (Å²) < 4.78 is 3.92. The maximum Gasteiger partial charge on any atom is 0.237 e. The summed E-state index contributed by atoms with van der Waals surface area (Å²) in [5.41, 5.74) is 0. The van der Waals surface area contributed by atoms with Crippen LogP contribution in [0, 0.1) is 11.3 Å². The molecule has 1 rings (SSSR count). The average molecular weight is 154 g/mol. The smallest absolute Gasteiger partial charge is 0.237 e. The standard InChI is InChI=1S/C5H6N4S/c1-9(2)5-7-4(3-6)10-8-5/h1-2H3. The van der Waals surface area contributed by atoms with Gasteiger partial charge in [0.25, 0.3) is 0 Å². The van der Waals surface area contributed by atoms with Gasteiger partial charge >= 0.3 is 0 Å². The lowest BCUT2D eigenvalue weighted by Crippen LogP contribution is -2.09. The summed E-state index contributed by atoms with van der Waals surface area (Å²) in [5.74, 6) is 0.599. The minimum Gasteiger partial charge on any atom is -0.346 e. The Morgan fingerprint density at radius 2 is 2.30 bits per heavy atom. The van der Waals surface area contributed by atoms with Crippen molar-refractivity contribution in [3.63, 3.8) is 0 Å². The summed E-state index contributed by atoms with van der Waals surface area (Å²) >= 11 is 1.11.